The lowest BCUT2D eigenvalue weighted by Crippen LogP contribution is -2.25. The summed E-state index contributed by atoms with van der Waals surface area (Å²) in [5, 5.41) is 2.69. The van der Waals surface area contributed by atoms with Crippen LogP contribution in [-0.4, -0.2) is 41.6 Å². The van der Waals surface area contributed by atoms with Crippen LogP contribution < -0.4 is 14.8 Å². The number of carbonyl (C=O) groups is 2. The highest BCUT2D eigenvalue weighted by atomic mass is 19.4. The third kappa shape index (κ3) is 6.66. The van der Waals surface area contributed by atoms with E-state index in [-0.39, 0.29) is 41.9 Å². The van der Waals surface area contributed by atoms with Crippen LogP contribution in [0.1, 0.15) is 40.4 Å². The minimum atomic E-state index is -4.46. The molecule has 166 valence electrons. The zero-order chi connectivity index (χ0) is 22.6. The molecule has 7 nitrogen and oxygen atoms in total. The average molecular weight is 437 g/mol. The molecule has 1 aromatic heterocycles. The molecule has 0 bridgehead atoms. The minimum absolute atomic E-state index is 0.0497. The zero-order valence-corrected chi connectivity index (χ0v) is 17.1. The van der Waals surface area contributed by atoms with Crippen LogP contribution in [0.2, 0.25) is 0 Å². The average Bonchev–Trinajstić information content (AvgIpc) is 3.55. The molecule has 1 aliphatic carbocycles. The maximum atomic E-state index is 12.5. The number of halogens is 3. The molecule has 0 spiro atoms. The van der Waals surface area contributed by atoms with Gasteiger partial charge in [-0.2, -0.15) is 13.2 Å². The third-order valence-corrected chi connectivity index (χ3v) is 4.57. The van der Waals surface area contributed by atoms with Crippen LogP contribution in [0, 0.1) is 12.8 Å². The number of carbonyl (C=O) groups excluding carboxylic acids is 2. The molecule has 1 N–H and O–H groups in total. The van der Waals surface area contributed by atoms with E-state index in [1.165, 1.54) is 31.4 Å². The zero-order valence-electron chi connectivity index (χ0n) is 17.1. The van der Waals surface area contributed by atoms with Gasteiger partial charge in [-0.05, 0) is 43.5 Å². The van der Waals surface area contributed by atoms with Gasteiger partial charge in [0.25, 0.3) is 5.91 Å². The first kappa shape index (κ1) is 22.5. The number of hydrogen-bond donors (Lipinski definition) is 1. The lowest BCUT2D eigenvalue weighted by molar-refractivity contribution is -0.153. The lowest BCUT2D eigenvalue weighted by Gasteiger charge is -2.14. The van der Waals surface area contributed by atoms with Crippen molar-refractivity contribution >= 4 is 11.7 Å². The summed E-state index contributed by atoms with van der Waals surface area (Å²) in [7, 11) is 1.31. The van der Waals surface area contributed by atoms with E-state index >= 15 is 0 Å². The number of rotatable bonds is 9. The van der Waals surface area contributed by atoms with E-state index in [4.69, 9.17) is 9.47 Å². The summed E-state index contributed by atoms with van der Waals surface area (Å²) in [5.74, 6) is 0.0919. The second-order valence-electron chi connectivity index (χ2n) is 7.30. The lowest BCUT2D eigenvalue weighted by atomic mass is 10.1. The van der Waals surface area contributed by atoms with E-state index < -0.39 is 18.7 Å². The van der Waals surface area contributed by atoms with Gasteiger partial charge >= 0.3 is 6.18 Å². The van der Waals surface area contributed by atoms with Crippen LogP contribution in [0.5, 0.6) is 11.5 Å². The van der Waals surface area contributed by atoms with Crippen molar-refractivity contribution in [2.45, 2.75) is 38.9 Å². The van der Waals surface area contributed by atoms with Crippen molar-refractivity contribution in [2.75, 3.05) is 13.7 Å². The molecule has 3 rings (SSSR count). The van der Waals surface area contributed by atoms with Crippen LogP contribution in [-0.2, 0) is 17.8 Å². The first-order valence-corrected chi connectivity index (χ1v) is 9.66. The number of ketones is 1. The van der Waals surface area contributed by atoms with E-state index in [0.29, 0.717) is 17.1 Å². The van der Waals surface area contributed by atoms with Crippen molar-refractivity contribution in [1.82, 2.24) is 15.3 Å². The molecule has 0 aliphatic heterocycles. The van der Waals surface area contributed by atoms with Gasteiger partial charge in [0.2, 0.25) is 0 Å². The quantitative estimate of drug-likeness (QED) is 0.648. The number of aromatic nitrogens is 2. The molecular formula is C21H22F3N3O4. The predicted molar refractivity (Wildman–Crippen MR) is 104 cm³/mol. The molecular weight excluding hydrogens is 415 g/mol. The topological polar surface area (TPSA) is 90.4 Å². The molecule has 1 amide bonds. The SMILES string of the molecule is COc1cc(CNC(=O)c2cc(C)nc(CC(=O)C3CC3)n2)ccc1OCC(F)(F)F. The van der Waals surface area contributed by atoms with Gasteiger partial charge in [-0.15, -0.1) is 0 Å². The monoisotopic (exact) mass is 437 g/mol. The molecule has 1 heterocycles. The summed E-state index contributed by atoms with van der Waals surface area (Å²) >= 11 is 0. The Morgan fingerprint density at radius 2 is 1.90 bits per heavy atom. The molecule has 1 aliphatic rings. The predicted octanol–water partition coefficient (Wildman–Crippen LogP) is 3.19. The van der Waals surface area contributed by atoms with Gasteiger partial charge in [0.15, 0.2) is 18.1 Å². The van der Waals surface area contributed by atoms with Gasteiger partial charge in [0.1, 0.15) is 17.3 Å². The normalized spacial score (nSPS) is 13.6. The molecule has 31 heavy (non-hydrogen) atoms. The number of nitrogens with zero attached hydrogens (tertiary/aromatic N) is 2. The molecule has 1 fully saturated rings. The third-order valence-electron chi connectivity index (χ3n) is 4.57. The second-order valence-corrected chi connectivity index (χ2v) is 7.30. The highest BCUT2D eigenvalue weighted by Gasteiger charge is 2.30. The van der Waals surface area contributed by atoms with Crippen molar-refractivity contribution in [2.24, 2.45) is 5.92 Å². The first-order chi connectivity index (χ1) is 14.6. The van der Waals surface area contributed by atoms with E-state index in [0.717, 1.165) is 12.8 Å². The maximum absolute atomic E-state index is 12.5. The Morgan fingerprint density at radius 1 is 1.16 bits per heavy atom. The van der Waals surface area contributed by atoms with Crippen molar-refractivity contribution in [3.05, 3.63) is 47.0 Å². The number of hydrogen-bond acceptors (Lipinski definition) is 6. The molecule has 0 saturated heterocycles. The summed E-state index contributed by atoms with van der Waals surface area (Å²) in [6.45, 7) is 0.375. The van der Waals surface area contributed by atoms with Gasteiger partial charge in [-0.3, -0.25) is 9.59 Å². The highest BCUT2D eigenvalue weighted by molar-refractivity contribution is 5.92. The Bertz CT molecular complexity index is 975. The largest absolute Gasteiger partial charge is 0.493 e. The number of amides is 1. The van der Waals surface area contributed by atoms with E-state index in [1.54, 1.807) is 6.92 Å². The van der Waals surface area contributed by atoms with Gasteiger partial charge < -0.3 is 14.8 Å². The standard InChI is InChI=1S/C21H22F3N3O4/c1-12-7-15(27-19(26-12)9-16(28)14-4-5-14)20(29)25-10-13-3-6-17(18(8-13)30-2)31-11-21(22,23)24/h3,6-8,14H,4-5,9-11H2,1-2H3,(H,25,29). The van der Waals surface area contributed by atoms with Crippen LogP contribution in [0.4, 0.5) is 13.2 Å². The van der Waals surface area contributed by atoms with Crippen LogP contribution in [0.15, 0.2) is 24.3 Å². The van der Waals surface area contributed by atoms with Crippen molar-refractivity contribution in [3.63, 3.8) is 0 Å². The summed E-state index contributed by atoms with van der Waals surface area (Å²) in [4.78, 5) is 32.9. The fraction of sp³-hybridized carbons (Fsp3) is 0.429. The maximum Gasteiger partial charge on any atom is 0.422 e. The smallest absolute Gasteiger partial charge is 0.422 e. The van der Waals surface area contributed by atoms with Gasteiger partial charge in [-0.25, -0.2) is 9.97 Å². The van der Waals surface area contributed by atoms with Gasteiger partial charge in [0.05, 0.1) is 13.5 Å². The number of aryl methyl sites for hydroxylation is 1. The molecule has 1 aromatic carbocycles. The number of methoxy groups -OCH3 is 1. The summed E-state index contributed by atoms with van der Waals surface area (Å²) < 4.78 is 46.9. The van der Waals surface area contributed by atoms with Crippen molar-refractivity contribution in [3.8, 4) is 11.5 Å². The molecule has 2 aromatic rings. The molecule has 0 radical (unpaired) electrons. The molecule has 0 atom stereocenters. The van der Waals surface area contributed by atoms with Crippen molar-refractivity contribution < 1.29 is 32.2 Å². The fourth-order valence-electron chi connectivity index (χ4n) is 2.90. The Labute approximate surface area is 177 Å². The first-order valence-electron chi connectivity index (χ1n) is 9.66. The Balaban J connectivity index is 1.63. The van der Waals surface area contributed by atoms with Crippen molar-refractivity contribution in [1.29, 1.82) is 0 Å². The van der Waals surface area contributed by atoms with Gasteiger partial charge in [-0.1, -0.05) is 6.07 Å². The van der Waals surface area contributed by atoms with E-state index in [2.05, 4.69) is 15.3 Å². The summed E-state index contributed by atoms with van der Waals surface area (Å²) in [6, 6.07) is 5.88. The Kier molecular flexibility index (Phi) is 6.77. The number of benzene rings is 1. The highest BCUT2D eigenvalue weighted by Crippen LogP contribution is 2.31. The number of alkyl halides is 3. The summed E-state index contributed by atoms with van der Waals surface area (Å²) in [5.41, 5.74) is 1.31. The van der Waals surface area contributed by atoms with Crippen LogP contribution in [0.25, 0.3) is 0 Å². The summed E-state index contributed by atoms with van der Waals surface area (Å²) in [6.07, 6.45) is -2.58. The molecule has 1 saturated carbocycles. The minimum Gasteiger partial charge on any atom is -0.493 e. The van der Waals surface area contributed by atoms with E-state index in [9.17, 15) is 22.8 Å². The van der Waals surface area contributed by atoms with Crippen LogP contribution in [0.3, 0.4) is 0 Å². The molecule has 0 unspecified atom stereocenters. The second kappa shape index (κ2) is 9.32. The number of nitrogens with one attached hydrogen (secondary N) is 1. The van der Waals surface area contributed by atoms with Gasteiger partial charge in [0, 0.05) is 18.2 Å². The van der Waals surface area contributed by atoms with E-state index in [1.807, 2.05) is 0 Å². The fourth-order valence-corrected chi connectivity index (χ4v) is 2.90. The number of Topliss-reactive ketones (excluding diaryl/α,β-unsaturated/α-hetero) is 1. The Hall–Kier alpha value is -3.17. The van der Waals surface area contributed by atoms with Crippen LogP contribution >= 0.6 is 0 Å². The molecule has 10 heteroatoms. The Morgan fingerprint density at radius 3 is 2.55 bits per heavy atom. The number of ether oxygens (including phenoxy) is 2.